The number of aliphatic hydroxyl groups excluding tert-OH is 1. The normalized spacial score (nSPS) is 12.5. The third-order valence-electron chi connectivity index (χ3n) is 4.02. The highest BCUT2D eigenvalue weighted by atomic mass is 32.1. The molecule has 3 aromatic rings. The van der Waals surface area contributed by atoms with E-state index in [0.29, 0.717) is 10.9 Å². The molecular weight excluding hydrogens is 442 g/mol. The van der Waals surface area contributed by atoms with Crippen LogP contribution in [0.2, 0.25) is 0 Å². The van der Waals surface area contributed by atoms with E-state index < -0.39 is 42.0 Å². The number of ether oxygens (including phenoxy) is 1. The molecule has 164 valence electrons. The number of hydrogen-bond acceptors (Lipinski definition) is 6. The van der Waals surface area contributed by atoms with Gasteiger partial charge >= 0.3 is 6.36 Å². The van der Waals surface area contributed by atoms with E-state index >= 15 is 0 Å². The van der Waals surface area contributed by atoms with Gasteiger partial charge < -0.3 is 20.1 Å². The molecule has 0 aliphatic rings. The zero-order valence-corrected chi connectivity index (χ0v) is 16.6. The first-order valence-electron chi connectivity index (χ1n) is 8.71. The number of aromatic amines is 1. The number of nitrogens with zero attached hydrogens (tertiary/aromatic N) is 1. The lowest BCUT2D eigenvalue weighted by Crippen LogP contribution is -2.32. The molecule has 1 atom stereocenters. The van der Waals surface area contributed by atoms with Crippen molar-refractivity contribution in [2.45, 2.75) is 19.3 Å². The SMILES string of the molecule is Cc1ccc(-c2nc(C(=O)NC(CO)c3ccc(OC(F)(F)F)c(F)c3)cc(=O)[nH]2)s1. The number of carbonyl (C=O) groups excluding carboxylic acids is 1. The Hall–Kier alpha value is -3.25. The Morgan fingerprint density at radius 2 is 2.03 bits per heavy atom. The van der Waals surface area contributed by atoms with Crippen molar-refractivity contribution in [3.05, 3.63) is 68.7 Å². The number of hydrogen-bond donors (Lipinski definition) is 3. The van der Waals surface area contributed by atoms with Gasteiger partial charge in [-0.1, -0.05) is 6.07 Å². The highest BCUT2D eigenvalue weighted by Crippen LogP contribution is 2.28. The van der Waals surface area contributed by atoms with Crippen LogP contribution < -0.4 is 15.6 Å². The maximum Gasteiger partial charge on any atom is 0.573 e. The Bertz CT molecular complexity index is 1160. The van der Waals surface area contributed by atoms with Gasteiger partial charge in [0.15, 0.2) is 17.4 Å². The minimum Gasteiger partial charge on any atom is -0.403 e. The highest BCUT2D eigenvalue weighted by Gasteiger charge is 2.32. The topological polar surface area (TPSA) is 104 Å². The molecule has 7 nitrogen and oxygen atoms in total. The second kappa shape index (κ2) is 8.86. The molecule has 1 aromatic carbocycles. The van der Waals surface area contributed by atoms with Crippen molar-refractivity contribution in [2.24, 2.45) is 0 Å². The number of H-pyrrole nitrogens is 1. The zero-order chi connectivity index (χ0) is 22.8. The fraction of sp³-hybridized carbons (Fsp3) is 0.211. The van der Waals surface area contributed by atoms with Crippen LogP contribution >= 0.6 is 11.3 Å². The molecule has 3 rings (SSSR count). The summed E-state index contributed by atoms with van der Waals surface area (Å²) >= 11 is 1.35. The van der Waals surface area contributed by atoms with E-state index in [1.165, 1.54) is 11.3 Å². The van der Waals surface area contributed by atoms with Crippen molar-refractivity contribution < 1.29 is 32.2 Å². The largest absolute Gasteiger partial charge is 0.573 e. The third-order valence-corrected chi connectivity index (χ3v) is 5.03. The molecular formula is C19H15F4N3O4S. The zero-order valence-electron chi connectivity index (χ0n) is 15.8. The summed E-state index contributed by atoms with van der Waals surface area (Å²) in [6.07, 6.45) is -5.07. The van der Waals surface area contributed by atoms with Gasteiger partial charge in [0.1, 0.15) is 5.69 Å². The number of aliphatic hydroxyl groups is 1. The van der Waals surface area contributed by atoms with Gasteiger partial charge in [-0.2, -0.15) is 0 Å². The average Bonchev–Trinajstić information content (AvgIpc) is 3.12. The lowest BCUT2D eigenvalue weighted by Gasteiger charge is -2.18. The molecule has 1 amide bonds. The number of alkyl halides is 3. The summed E-state index contributed by atoms with van der Waals surface area (Å²) in [6, 6.07) is 5.82. The Labute approximate surface area is 176 Å². The first-order valence-corrected chi connectivity index (χ1v) is 9.52. The van der Waals surface area contributed by atoms with Crippen molar-refractivity contribution in [3.63, 3.8) is 0 Å². The number of thiophene rings is 1. The van der Waals surface area contributed by atoms with Gasteiger partial charge in [-0.25, -0.2) is 9.37 Å². The van der Waals surface area contributed by atoms with Gasteiger partial charge in [0.2, 0.25) is 0 Å². The number of benzene rings is 1. The molecule has 0 aliphatic heterocycles. The molecule has 31 heavy (non-hydrogen) atoms. The van der Waals surface area contributed by atoms with Crippen LogP contribution in [0.3, 0.4) is 0 Å². The molecule has 0 saturated carbocycles. The molecule has 3 N–H and O–H groups in total. The van der Waals surface area contributed by atoms with Crippen LogP contribution in [0.15, 0.2) is 41.2 Å². The van der Waals surface area contributed by atoms with Gasteiger partial charge in [-0.3, -0.25) is 9.59 Å². The van der Waals surface area contributed by atoms with E-state index in [-0.39, 0.29) is 17.1 Å². The maximum absolute atomic E-state index is 14.0. The third kappa shape index (κ3) is 5.67. The van der Waals surface area contributed by atoms with Crippen LogP contribution in [0, 0.1) is 12.7 Å². The Kier molecular flexibility index (Phi) is 6.41. The van der Waals surface area contributed by atoms with E-state index in [2.05, 4.69) is 20.0 Å². The van der Waals surface area contributed by atoms with E-state index in [1.54, 1.807) is 6.07 Å². The highest BCUT2D eigenvalue weighted by molar-refractivity contribution is 7.15. The molecule has 2 aromatic heterocycles. The maximum atomic E-state index is 14.0. The van der Waals surface area contributed by atoms with Gasteiger partial charge in [0, 0.05) is 10.9 Å². The van der Waals surface area contributed by atoms with E-state index in [0.717, 1.165) is 23.1 Å². The standard InChI is InChI=1S/C19H15F4N3O4S/c1-9-2-5-15(31-9)17-24-12(7-16(28)26-17)18(29)25-13(8-27)10-3-4-14(11(20)6-10)30-19(21,22)23/h2-7,13,27H,8H2,1H3,(H,25,29)(H,24,26,28). The van der Waals surface area contributed by atoms with Crippen LogP contribution in [-0.2, 0) is 0 Å². The molecule has 0 spiro atoms. The Morgan fingerprint density at radius 3 is 2.61 bits per heavy atom. The van der Waals surface area contributed by atoms with Crippen LogP contribution in [0.4, 0.5) is 17.6 Å². The number of nitrogens with one attached hydrogen (secondary N) is 2. The summed E-state index contributed by atoms with van der Waals surface area (Å²) in [6.45, 7) is 1.17. The first kappa shape index (κ1) is 22.4. The quantitative estimate of drug-likeness (QED) is 0.493. The fourth-order valence-electron chi connectivity index (χ4n) is 2.66. The monoisotopic (exact) mass is 457 g/mol. The van der Waals surface area contributed by atoms with Crippen molar-refractivity contribution in [1.82, 2.24) is 15.3 Å². The van der Waals surface area contributed by atoms with E-state index in [4.69, 9.17) is 0 Å². The Balaban J connectivity index is 1.82. The molecule has 2 heterocycles. The van der Waals surface area contributed by atoms with E-state index in [9.17, 15) is 32.3 Å². The minimum atomic E-state index is -5.07. The predicted molar refractivity (Wildman–Crippen MR) is 103 cm³/mol. The van der Waals surface area contributed by atoms with Gasteiger partial charge in [0.25, 0.3) is 11.5 Å². The van der Waals surface area contributed by atoms with Gasteiger partial charge in [0.05, 0.1) is 17.5 Å². The molecule has 1 unspecified atom stereocenters. The number of amides is 1. The first-order chi connectivity index (χ1) is 14.6. The number of halogens is 4. The van der Waals surface area contributed by atoms with Crippen molar-refractivity contribution in [1.29, 1.82) is 0 Å². The average molecular weight is 457 g/mol. The summed E-state index contributed by atoms with van der Waals surface area (Å²) in [5.41, 5.74) is -0.844. The second-order valence-electron chi connectivity index (χ2n) is 6.34. The predicted octanol–water partition coefficient (Wildman–Crippen LogP) is 3.31. The lowest BCUT2D eigenvalue weighted by atomic mass is 10.1. The molecule has 0 fully saturated rings. The summed E-state index contributed by atoms with van der Waals surface area (Å²) in [5, 5.41) is 12.0. The summed E-state index contributed by atoms with van der Waals surface area (Å²) in [4.78, 5) is 32.7. The van der Waals surface area contributed by atoms with Gasteiger partial charge in [-0.05, 0) is 36.8 Å². The van der Waals surface area contributed by atoms with Crippen molar-refractivity contribution in [3.8, 4) is 16.5 Å². The lowest BCUT2D eigenvalue weighted by molar-refractivity contribution is -0.275. The smallest absolute Gasteiger partial charge is 0.403 e. The van der Waals surface area contributed by atoms with Crippen LogP contribution in [0.25, 0.3) is 10.7 Å². The van der Waals surface area contributed by atoms with Crippen LogP contribution in [0.5, 0.6) is 5.75 Å². The molecule has 0 radical (unpaired) electrons. The minimum absolute atomic E-state index is 0.0122. The van der Waals surface area contributed by atoms with Crippen molar-refractivity contribution in [2.75, 3.05) is 6.61 Å². The van der Waals surface area contributed by atoms with E-state index in [1.807, 2.05) is 13.0 Å². The number of rotatable bonds is 6. The Morgan fingerprint density at radius 1 is 1.29 bits per heavy atom. The molecule has 0 saturated heterocycles. The molecule has 0 bridgehead atoms. The van der Waals surface area contributed by atoms with Crippen LogP contribution in [-0.4, -0.2) is 34.0 Å². The summed E-state index contributed by atoms with van der Waals surface area (Å²) < 4.78 is 54.3. The molecule has 0 aliphatic carbocycles. The van der Waals surface area contributed by atoms with Crippen LogP contribution in [0.1, 0.15) is 27.0 Å². The summed E-state index contributed by atoms with van der Waals surface area (Å²) in [5.74, 6) is -3.04. The number of aryl methyl sites for hydroxylation is 1. The van der Waals surface area contributed by atoms with Crippen molar-refractivity contribution >= 4 is 17.2 Å². The number of aromatic nitrogens is 2. The molecule has 12 heteroatoms. The fourth-order valence-corrected chi connectivity index (χ4v) is 3.47. The summed E-state index contributed by atoms with van der Waals surface area (Å²) in [7, 11) is 0. The number of carbonyl (C=O) groups is 1. The second-order valence-corrected chi connectivity index (χ2v) is 7.62. The van der Waals surface area contributed by atoms with Gasteiger partial charge in [-0.15, -0.1) is 24.5 Å².